The number of halogens is 1. The van der Waals surface area contributed by atoms with E-state index in [-0.39, 0.29) is 17.2 Å². The number of aromatic nitrogens is 2. The van der Waals surface area contributed by atoms with E-state index >= 15 is 0 Å². The molecule has 130 valence electrons. The predicted molar refractivity (Wildman–Crippen MR) is 92.1 cm³/mol. The molecule has 26 heavy (non-hydrogen) atoms. The summed E-state index contributed by atoms with van der Waals surface area (Å²) in [6.07, 6.45) is 1.37. The molecule has 0 unspecified atom stereocenters. The van der Waals surface area contributed by atoms with E-state index in [4.69, 9.17) is 0 Å². The van der Waals surface area contributed by atoms with Crippen LogP contribution in [0.15, 0.2) is 59.7 Å². The Morgan fingerprint density at radius 3 is 2.73 bits per heavy atom. The van der Waals surface area contributed by atoms with Crippen molar-refractivity contribution in [3.8, 4) is 11.3 Å². The fourth-order valence-electron chi connectivity index (χ4n) is 2.14. The predicted octanol–water partition coefficient (Wildman–Crippen LogP) is 2.89. The first-order valence-electron chi connectivity index (χ1n) is 7.42. The monoisotopic (exact) mass is 353 g/mol. The average Bonchev–Trinajstić information content (AvgIpc) is 3.14. The van der Waals surface area contributed by atoms with E-state index in [1.165, 1.54) is 54.7 Å². The summed E-state index contributed by atoms with van der Waals surface area (Å²) in [4.78, 5) is 22.4. The number of nitro groups is 1. The van der Waals surface area contributed by atoms with Gasteiger partial charge < -0.3 is 0 Å². The number of amides is 1. The molecule has 0 aliphatic heterocycles. The largest absolute Gasteiger partial charge is 0.289 e. The van der Waals surface area contributed by atoms with Crippen molar-refractivity contribution in [3.63, 3.8) is 0 Å². The van der Waals surface area contributed by atoms with Crippen molar-refractivity contribution in [2.24, 2.45) is 5.10 Å². The van der Waals surface area contributed by atoms with E-state index in [2.05, 4.69) is 20.7 Å². The number of benzene rings is 2. The van der Waals surface area contributed by atoms with Crippen LogP contribution in [0.5, 0.6) is 0 Å². The molecule has 0 spiro atoms. The SMILES string of the molecule is O=C(N/N=C\c1ccc(F)cc1)c1cc(-c2cccc([N+](=O)[O-])c2)n[nH]1. The number of carbonyl (C=O) groups is 1. The molecule has 3 aromatic rings. The second-order valence-electron chi connectivity index (χ2n) is 5.22. The third-order valence-corrected chi connectivity index (χ3v) is 3.42. The number of carbonyl (C=O) groups excluding carboxylic acids is 1. The quantitative estimate of drug-likeness (QED) is 0.417. The summed E-state index contributed by atoms with van der Waals surface area (Å²) in [5, 5.41) is 21.1. The molecular weight excluding hydrogens is 341 g/mol. The fraction of sp³-hybridized carbons (Fsp3) is 0. The van der Waals surface area contributed by atoms with Gasteiger partial charge in [0, 0.05) is 17.7 Å². The Balaban J connectivity index is 1.69. The Hall–Kier alpha value is -3.88. The van der Waals surface area contributed by atoms with E-state index in [1.54, 1.807) is 6.07 Å². The standard InChI is InChI=1S/C17H12FN5O3/c18-13-6-4-11(5-7-13)10-19-22-17(24)16-9-15(20-21-16)12-2-1-3-14(8-12)23(25)26/h1-10H,(H,20,21)(H,22,24)/b19-10-. The number of hydrazone groups is 1. The van der Waals surface area contributed by atoms with Crippen LogP contribution in [-0.2, 0) is 0 Å². The molecule has 1 amide bonds. The van der Waals surface area contributed by atoms with Gasteiger partial charge in [0.2, 0.25) is 0 Å². The van der Waals surface area contributed by atoms with Gasteiger partial charge in [-0.25, -0.2) is 9.82 Å². The van der Waals surface area contributed by atoms with Crippen LogP contribution in [0.1, 0.15) is 16.1 Å². The van der Waals surface area contributed by atoms with Gasteiger partial charge in [-0.1, -0.05) is 24.3 Å². The first-order valence-corrected chi connectivity index (χ1v) is 7.42. The maximum absolute atomic E-state index is 12.8. The molecule has 0 saturated carbocycles. The van der Waals surface area contributed by atoms with Gasteiger partial charge in [-0.05, 0) is 23.8 Å². The van der Waals surface area contributed by atoms with Crippen LogP contribution in [0.2, 0.25) is 0 Å². The van der Waals surface area contributed by atoms with Crippen LogP contribution in [-0.4, -0.2) is 27.2 Å². The van der Waals surface area contributed by atoms with Gasteiger partial charge in [-0.2, -0.15) is 10.2 Å². The number of hydrogen-bond donors (Lipinski definition) is 2. The maximum atomic E-state index is 12.8. The summed E-state index contributed by atoms with van der Waals surface area (Å²) < 4.78 is 12.8. The number of nitrogens with zero attached hydrogens (tertiary/aromatic N) is 3. The van der Waals surface area contributed by atoms with Gasteiger partial charge in [0.1, 0.15) is 11.5 Å². The Bertz CT molecular complexity index is 982. The van der Waals surface area contributed by atoms with Gasteiger partial charge in [0.05, 0.1) is 16.8 Å². The number of non-ortho nitro benzene ring substituents is 1. The van der Waals surface area contributed by atoms with E-state index in [9.17, 15) is 19.3 Å². The number of aromatic amines is 1. The maximum Gasteiger partial charge on any atom is 0.289 e. The molecule has 0 aliphatic rings. The minimum absolute atomic E-state index is 0.0691. The Morgan fingerprint density at radius 1 is 1.23 bits per heavy atom. The summed E-state index contributed by atoms with van der Waals surface area (Å²) in [5.41, 5.74) is 3.90. The van der Waals surface area contributed by atoms with Crippen LogP contribution in [0.3, 0.4) is 0 Å². The molecule has 0 saturated heterocycles. The van der Waals surface area contributed by atoms with Crippen molar-refractivity contribution in [3.05, 3.63) is 81.8 Å². The highest BCUT2D eigenvalue weighted by Gasteiger charge is 2.13. The van der Waals surface area contributed by atoms with Crippen molar-refractivity contribution in [2.45, 2.75) is 0 Å². The molecule has 0 bridgehead atoms. The number of hydrogen-bond acceptors (Lipinski definition) is 5. The number of nitro benzene ring substituents is 1. The third-order valence-electron chi connectivity index (χ3n) is 3.42. The van der Waals surface area contributed by atoms with Crippen molar-refractivity contribution < 1.29 is 14.1 Å². The molecule has 1 heterocycles. The van der Waals surface area contributed by atoms with Crippen molar-refractivity contribution >= 4 is 17.8 Å². The van der Waals surface area contributed by atoms with Crippen molar-refractivity contribution in [1.82, 2.24) is 15.6 Å². The van der Waals surface area contributed by atoms with E-state index < -0.39 is 10.8 Å². The van der Waals surface area contributed by atoms with Crippen LogP contribution in [0.25, 0.3) is 11.3 Å². The molecule has 0 radical (unpaired) electrons. The third kappa shape index (κ3) is 3.96. The molecule has 2 aromatic carbocycles. The van der Waals surface area contributed by atoms with Crippen LogP contribution in [0, 0.1) is 15.9 Å². The zero-order chi connectivity index (χ0) is 18.5. The minimum Gasteiger partial charge on any atom is -0.272 e. The van der Waals surface area contributed by atoms with E-state index in [0.717, 1.165) is 0 Å². The zero-order valence-corrected chi connectivity index (χ0v) is 13.2. The number of rotatable bonds is 5. The highest BCUT2D eigenvalue weighted by molar-refractivity contribution is 5.94. The van der Waals surface area contributed by atoms with Gasteiger partial charge >= 0.3 is 0 Å². The first kappa shape index (κ1) is 17.0. The molecule has 1 aromatic heterocycles. The minimum atomic E-state index is -0.535. The van der Waals surface area contributed by atoms with Gasteiger partial charge in [-0.15, -0.1) is 0 Å². The molecular formula is C17H12FN5O3. The lowest BCUT2D eigenvalue weighted by molar-refractivity contribution is -0.384. The van der Waals surface area contributed by atoms with Crippen molar-refractivity contribution in [2.75, 3.05) is 0 Å². The summed E-state index contributed by atoms with van der Waals surface area (Å²) in [5.74, 6) is -0.898. The Labute approximate surface area is 146 Å². The summed E-state index contributed by atoms with van der Waals surface area (Å²) in [6.45, 7) is 0. The summed E-state index contributed by atoms with van der Waals surface area (Å²) in [7, 11) is 0. The molecule has 3 rings (SSSR count). The molecule has 9 heteroatoms. The van der Waals surface area contributed by atoms with Crippen LogP contribution in [0.4, 0.5) is 10.1 Å². The smallest absolute Gasteiger partial charge is 0.272 e. The van der Waals surface area contributed by atoms with Crippen LogP contribution < -0.4 is 5.43 Å². The number of H-pyrrole nitrogens is 1. The first-order chi connectivity index (χ1) is 12.5. The van der Waals surface area contributed by atoms with Gasteiger partial charge in [0.25, 0.3) is 11.6 Å². The Morgan fingerprint density at radius 2 is 2.00 bits per heavy atom. The molecule has 0 atom stereocenters. The van der Waals surface area contributed by atoms with Crippen molar-refractivity contribution in [1.29, 1.82) is 0 Å². The van der Waals surface area contributed by atoms with E-state index in [0.29, 0.717) is 16.8 Å². The lowest BCUT2D eigenvalue weighted by atomic mass is 10.1. The van der Waals surface area contributed by atoms with Crippen LogP contribution >= 0.6 is 0 Å². The normalized spacial score (nSPS) is 10.8. The summed E-state index contributed by atoms with van der Waals surface area (Å²) in [6, 6.07) is 13.0. The highest BCUT2D eigenvalue weighted by atomic mass is 19.1. The molecule has 8 nitrogen and oxygen atoms in total. The summed E-state index contributed by atoms with van der Waals surface area (Å²) >= 11 is 0. The lowest BCUT2D eigenvalue weighted by Crippen LogP contribution is -2.17. The lowest BCUT2D eigenvalue weighted by Gasteiger charge is -1.96. The molecule has 0 fully saturated rings. The van der Waals surface area contributed by atoms with Gasteiger partial charge in [-0.3, -0.25) is 20.0 Å². The second kappa shape index (κ2) is 7.34. The topological polar surface area (TPSA) is 113 Å². The second-order valence-corrected chi connectivity index (χ2v) is 5.22. The van der Waals surface area contributed by atoms with Gasteiger partial charge in [0.15, 0.2) is 0 Å². The Kier molecular flexibility index (Phi) is 4.79. The zero-order valence-electron chi connectivity index (χ0n) is 13.2. The molecule has 2 N–H and O–H groups in total. The molecule has 0 aliphatic carbocycles. The van der Waals surface area contributed by atoms with E-state index in [1.807, 2.05) is 0 Å². The average molecular weight is 353 g/mol. The fourth-order valence-corrected chi connectivity index (χ4v) is 2.14. The number of nitrogens with one attached hydrogen (secondary N) is 2. The highest BCUT2D eigenvalue weighted by Crippen LogP contribution is 2.22.